The molecule has 0 atom stereocenters. The third-order valence-electron chi connectivity index (χ3n) is 1.65. The Morgan fingerprint density at radius 1 is 1.38 bits per heavy atom. The number of carbonyl (C=O) groups excluding carboxylic acids is 1. The molecule has 0 fully saturated rings. The van der Waals surface area contributed by atoms with E-state index in [0.29, 0.717) is 17.6 Å². The molecule has 13 heavy (non-hydrogen) atoms. The minimum atomic E-state index is 0.405. The van der Waals surface area contributed by atoms with Crippen LogP contribution < -0.4 is 0 Å². The van der Waals surface area contributed by atoms with Gasteiger partial charge in [-0.2, -0.15) is 0 Å². The van der Waals surface area contributed by atoms with E-state index < -0.39 is 0 Å². The molecule has 4 heteroatoms. The van der Waals surface area contributed by atoms with Crippen LogP contribution in [0.3, 0.4) is 0 Å². The molecule has 0 aromatic carbocycles. The van der Waals surface area contributed by atoms with Gasteiger partial charge in [0.15, 0.2) is 11.9 Å². The van der Waals surface area contributed by atoms with Crippen LogP contribution in [0.25, 0.3) is 11.0 Å². The van der Waals surface area contributed by atoms with Crippen LogP contribution in [0.1, 0.15) is 10.5 Å². The van der Waals surface area contributed by atoms with E-state index in [1.165, 1.54) is 0 Å². The van der Waals surface area contributed by atoms with Gasteiger partial charge in [-0.05, 0) is 34.1 Å². The molecular weight excluding hydrogens is 232 g/mol. The van der Waals surface area contributed by atoms with E-state index in [1.807, 2.05) is 12.1 Å². The van der Waals surface area contributed by atoms with E-state index in [0.717, 1.165) is 9.86 Å². The first-order chi connectivity index (χ1) is 6.29. The number of pyridine rings is 2. The summed E-state index contributed by atoms with van der Waals surface area (Å²) >= 11 is 3.31. The number of hydrogen-bond acceptors (Lipinski definition) is 3. The number of aldehydes is 1. The van der Waals surface area contributed by atoms with Gasteiger partial charge in [0.1, 0.15) is 5.69 Å². The smallest absolute Gasteiger partial charge is 0.168 e. The molecule has 0 bridgehead atoms. The van der Waals surface area contributed by atoms with Gasteiger partial charge in [0.25, 0.3) is 0 Å². The third kappa shape index (κ3) is 1.58. The standard InChI is InChI=1S/C9H5BrN2O/c10-7-3-6-1-2-8(5-13)12-9(6)11-4-7/h1-5H. The van der Waals surface area contributed by atoms with Gasteiger partial charge in [-0.1, -0.05) is 0 Å². The van der Waals surface area contributed by atoms with Crippen LogP contribution in [0, 0.1) is 0 Å². The van der Waals surface area contributed by atoms with Gasteiger partial charge in [-0.15, -0.1) is 0 Å². The Balaban J connectivity index is 2.73. The monoisotopic (exact) mass is 236 g/mol. The summed E-state index contributed by atoms with van der Waals surface area (Å²) in [5, 5.41) is 0.917. The molecule has 0 aliphatic heterocycles. The van der Waals surface area contributed by atoms with Crippen molar-refractivity contribution in [3.63, 3.8) is 0 Å². The maximum atomic E-state index is 10.4. The maximum absolute atomic E-state index is 10.4. The van der Waals surface area contributed by atoms with E-state index in [9.17, 15) is 4.79 Å². The van der Waals surface area contributed by atoms with E-state index in [-0.39, 0.29) is 0 Å². The van der Waals surface area contributed by atoms with Crippen LogP contribution in [0.15, 0.2) is 28.9 Å². The molecule has 0 amide bonds. The highest BCUT2D eigenvalue weighted by Crippen LogP contribution is 2.15. The molecule has 2 rings (SSSR count). The maximum Gasteiger partial charge on any atom is 0.168 e. The highest BCUT2D eigenvalue weighted by atomic mass is 79.9. The Bertz CT molecular complexity index is 470. The minimum absolute atomic E-state index is 0.405. The fraction of sp³-hybridized carbons (Fsp3) is 0. The van der Waals surface area contributed by atoms with E-state index in [4.69, 9.17) is 0 Å². The molecule has 64 valence electrons. The van der Waals surface area contributed by atoms with Gasteiger partial charge < -0.3 is 0 Å². The fourth-order valence-corrected chi connectivity index (χ4v) is 1.41. The molecule has 0 saturated heterocycles. The van der Waals surface area contributed by atoms with Crippen molar-refractivity contribution in [2.24, 2.45) is 0 Å². The summed E-state index contributed by atoms with van der Waals surface area (Å²) in [6, 6.07) is 5.40. The lowest BCUT2D eigenvalue weighted by atomic mass is 10.2. The summed E-state index contributed by atoms with van der Waals surface area (Å²) in [5.41, 5.74) is 0.995. The van der Waals surface area contributed by atoms with Crippen molar-refractivity contribution in [3.05, 3.63) is 34.6 Å². The second-order valence-corrected chi connectivity index (χ2v) is 3.47. The highest BCUT2D eigenvalue weighted by molar-refractivity contribution is 9.10. The largest absolute Gasteiger partial charge is 0.296 e. The average molecular weight is 237 g/mol. The number of aromatic nitrogens is 2. The summed E-state index contributed by atoms with van der Waals surface area (Å²) in [7, 11) is 0. The molecule has 0 aliphatic carbocycles. The minimum Gasteiger partial charge on any atom is -0.296 e. The molecule has 0 radical (unpaired) electrons. The van der Waals surface area contributed by atoms with Crippen molar-refractivity contribution in [2.75, 3.05) is 0 Å². The normalized spacial score (nSPS) is 10.2. The van der Waals surface area contributed by atoms with Crippen molar-refractivity contribution in [3.8, 4) is 0 Å². The van der Waals surface area contributed by atoms with Crippen LogP contribution >= 0.6 is 15.9 Å². The van der Waals surface area contributed by atoms with Gasteiger partial charge in [-0.3, -0.25) is 4.79 Å². The first kappa shape index (κ1) is 8.31. The zero-order valence-corrected chi connectivity index (χ0v) is 8.15. The van der Waals surface area contributed by atoms with Gasteiger partial charge in [0.2, 0.25) is 0 Å². The molecule has 0 aliphatic rings. The topological polar surface area (TPSA) is 42.9 Å². The number of carbonyl (C=O) groups is 1. The summed E-state index contributed by atoms with van der Waals surface area (Å²) in [5.74, 6) is 0. The predicted molar refractivity (Wildman–Crippen MR) is 52.6 cm³/mol. The first-order valence-corrected chi connectivity index (χ1v) is 4.46. The second kappa shape index (κ2) is 3.22. The first-order valence-electron chi connectivity index (χ1n) is 3.67. The molecule has 2 aromatic heterocycles. The summed E-state index contributed by atoms with van der Waals surface area (Å²) in [4.78, 5) is 18.5. The Kier molecular flexibility index (Phi) is 2.06. The molecular formula is C9H5BrN2O. The molecule has 2 aromatic rings. The lowest BCUT2D eigenvalue weighted by Crippen LogP contribution is -1.89. The summed E-state index contributed by atoms with van der Waals surface area (Å²) in [6.07, 6.45) is 2.37. The molecule has 2 heterocycles. The molecule has 0 saturated carbocycles. The predicted octanol–water partition coefficient (Wildman–Crippen LogP) is 2.20. The highest BCUT2D eigenvalue weighted by Gasteiger charge is 1.98. The van der Waals surface area contributed by atoms with Gasteiger partial charge >= 0.3 is 0 Å². The fourth-order valence-electron chi connectivity index (χ4n) is 1.06. The van der Waals surface area contributed by atoms with Crippen LogP contribution in [0.2, 0.25) is 0 Å². The van der Waals surface area contributed by atoms with Crippen LogP contribution in [0.4, 0.5) is 0 Å². The van der Waals surface area contributed by atoms with Crippen LogP contribution in [-0.4, -0.2) is 16.3 Å². The number of hydrogen-bond donors (Lipinski definition) is 0. The van der Waals surface area contributed by atoms with Crippen molar-refractivity contribution in [1.82, 2.24) is 9.97 Å². The van der Waals surface area contributed by atoms with Gasteiger partial charge in [-0.25, -0.2) is 9.97 Å². The molecule has 0 spiro atoms. The Hall–Kier alpha value is -1.29. The zero-order valence-electron chi connectivity index (χ0n) is 6.57. The Morgan fingerprint density at radius 2 is 2.23 bits per heavy atom. The number of nitrogens with zero attached hydrogens (tertiary/aromatic N) is 2. The third-order valence-corrected chi connectivity index (χ3v) is 2.08. The van der Waals surface area contributed by atoms with Crippen LogP contribution in [0.5, 0.6) is 0 Å². The Morgan fingerprint density at radius 3 is 3.00 bits per heavy atom. The van der Waals surface area contributed by atoms with Gasteiger partial charge in [0, 0.05) is 16.1 Å². The van der Waals surface area contributed by atoms with Crippen LogP contribution in [-0.2, 0) is 0 Å². The van der Waals surface area contributed by atoms with E-state index >= 15 is 0 Å². The lowest BCUT2D eigenvalue weighted by Gasteiger charge is -1.96. The van der Waals surface area contributed by atoms with E-state index in [2.05, 4.69) is 25.9 Å². The zero-order chi connectivity index (χ0) is 9.26. The number of rotatable bonds is 1. The summed E-state index contributed by atoms with van der Waals surface area (Å²) in [6.45, 7) is 0. The van der Waals surface area contributed by atoms with Crippen molar-refractivity contribution in [1.29, 1.82) is 0 Å². The second-order valence-electron chi connectivity index (χ2n) is 2.55. The van der Waals surface area contributed by atoms with Crippen molar-refractivity contribution >= 4 is 33.2 Å². The average Bonchev–Trinajstić information content (AvgIpc) is 2.17. The summed E-state index contributed by atoms with van der Waals surface area (Å²) < 4.78 is 0.903. The molecule has 0 N–H and O–H groups in total. The Labute approximate surface area is 82.9 Å². The van der Waals surface area contributed by atoms with Gasteiger partial charge in [0.05, 0.1) is 0 Å². The molecule has 0 unspecified atom stereocenters. The van der Waals surface area contributed by atoms with E-state index in [1.54, 1.807) is 12.3 Å². The quantitative estimate of drug-likeness (QED) is 0.714. The molecule has 3 nitrogen and oxygen atoms in total. The van der Waals surface area contributed by atoms with Crippen molar-refractivity contribution in [2.45, 2.75) is 0 Å². The van der Waals surface area contributed by atoms with Crippen molar-refractivity contribution < 1.29 is 4.79 Å². The number of halogens is 1. The number of fused-ring (bicyclic) bond motifs is 1. The lowest BCUT2D eigenvalue weighted by molar-refractivity contribution is 0.111. The SMILES string of the molecule is O=Cc1ccc2cc(Br)cnc2n1.